The van der Waals surface area contributed by atoms with E-state index in [2.05, 4.69) is 20.5 Å². The van der Waals surface area contributed by atoms with Crippen molar-refractivity contribution in [2.75, 3.05) is 0 Å². The monoisotopic (exact) mass is 209 g/mol. The fourth-order valence-electron chi connectivity index (χ4n) is 1.10. The van der Waals surface area contributed by atoms with Gasteiger partial charge in [-0.25, -0.2) is 9.48 Å². The molecule has 0 fully saturated rings. The second kappa shape index (κ2) is 3.48. The molecule has 2 aromatic rings. The van der Waals surface area contributed by atoms with Gasteiger partial charge in [0.15, 0.2) is 12.0 Å². The summed E-state index contributed by atoms with van der Waals surface area (Å²) in [5.74, 6) is -0.760. The Kier molecular flexibility index (Phi) is 2.16. The van der Waals surface area contributed by atoms with Gasteiger partial charge in [-0.3, -0.25) is 0 Å². The van der Waals surface area contributed by atoms with Crippen LogP contribution in [0.1, 0.15) is 22.1 Å². The Hall–Kier alpha value is -2.25. The van der Waals surface area contributed by atoms with Crippen molar-refractivity contribution in [2.24, 2.45) is 0 Å². The maximum Gasteiger partial charge on any atom is 0.358 e. The quantitative estimate of drug-likeness (QED) is 0.740. The third-order valence-corrected chi connectivity index (χ3v) is 1.88. The van der Waals surface area contributed by atoms with Crippen molar-refractivity contribution in [3.05, 3.63) is 23.6 Å². The summed E-state index contributed by atoms with van der Waals surface area (Å²) in [6.45, 7) is 1.83. The molecule has 0 saturated carbocycles. The van der Waals surface area contributed by atoms with E-state index in [4.69, 9.17) is 9.63 Å². The maximum absolute atomic E-state index is 10.7. The molecule has 0 unspecified atom stereocenters. The fourth-order valence-corrected chi connectivity index (χ4v) is 1.10. The summed E-state index contributed by atoms with van der Waals surface area (Å²) in [6.07, 6.45) is 1.26. The van der Waals surface area contributed by atoms with Crippen LogP contribution in [0.2, 0.25) is 0 Å². The molecule has 0 aromatic carbocycles. The molecule has 0 aliphatic carbocycles. The number of carboxylic acids is 1. The minimum Gasteiger partial charge on any atom is -0.476 e. The lowest BCUT2D eigenvalue weighted by molar-refractivity contribution is 0.0689. The number of carbonyl (C=O) groups is 1. The first kappa shape index (κ1) is 9.31. The van der Waals surface area contributed by atoms with Gasteiger partial charge in [-0.1, -0.05) is 10.4 Å². The first-order chi connectivity index (χ1) is 7.18. The Balaban J connectivity index is 2.27. The Morgan fingerprint density at radius 2 is 2.47 bits per heavy atom. The van der Waals surface area contributed by atoms with Crippen molar-refractivity contribution in [3.8, 4) is 0 Å². The van der Waals surface area contributed by atoms with Gasteiger partial charge in [0.2, 0.25) is 5.89 Å². The molecular formula is C7H7N5O3. The van der Waals surface area contributed by atoms with Crippen molar-refractivity contribution in [3.63, 3.8) is 0 Å². The summed E-state index contributed by atoms with van der Waals surface area (Å²) in [5.41, 5.74) is 0.371. The number of hydrogen-bond acceptors (Lipinski definition) is 6. The summed E-state index contributed by atoms with van der Waals surface area (Å²) >= 11 is 0. The summed E-state index contributed by atoms with van der Waals surface area (Å²) in [4.78, 5) is 14.5. The molecule has 2 heterocycles. The van der Waals surface area contributed by atoms with Crippen molar-refractivity contribution < 1.29 is 14.4 Å². The van der Waals surface area contributed by atoms with Crippen LogP contribution in [0.3, 0.4) is 0 Å². The number of rotatable bonds is 3. The SMILES string of the molecule is Cc1c(C(=O)O)nnn1Cc1ncno1. The maximum atomic E-state index is 10.7. The lowest BCUT2D eigenvalue weighted by Gasteiger charge is -1.97. The predicted molar refractivity (Wildman–Crippen MR) is 45.1 cm³/mol. The van der Waals surface area contributed by atoms with Crippen LogP contribution in [0.5, 0.6) is 0 Å². The highest BCUT2D eigenvalue weighted by Gasteiger charge is 2.16. The van der Waals surface area contributed by atoms with Gasteiger partial charge < -0.3 is 9.63 Å². The minimum atomic E-state index is -1.11. The molecule has 1 N–H and O–H groups in total. The first-order valence-corrected chi connectivity index (χ1v) is 4.07. The number of carboxylic acid groups (broad SMARTS) is 1. The van der Waals surface area contributed by atoms with E-state index in [0.717, 1.165) is 0 Å². The van der Waals surface area contributed by atoms with Gasteiger partial charge in [-0.15, -0.1) is 5.10 Å². The lowest BCUT2D eigenvalue weighted by Crippen LogP contribution is -2.06. The van der Waals surface area contributed by atoms with E-state index < -0.39 is 5.97 Å². The van der Waals surface area contributed by atoms with Crippen LogP contribution in [0.4, 0.5) is 0 Å². The molecule has 2 rings (SSSR count). The molecule has 0 spiro atoms. The summed E-state index contributed by atoms with van der Waals surface area (Å²) in [5, 5.41) is 19.4. The molecule has 0 radical (unpaired) electrons. The van der Waals surface area contributed by atoms with Gasteiger partial charge >= 0.3 is 5.97 Å². The van der Waals surface area contributed by atoms with E-state index in [0.29, 0.717) is 11.6 Å². The number of nitrogens with zero attached hydrogens (tertiary/aromatic N) is 5. The fraction of sp³-hybridized carbons (Fsp3) is 0.286. The normalized spacial score (nSPS) is 10.5. The molecule has 15 heavy (non-hydrogen) atoms. The van der Waals surface area contributed by atoms with Gasteiger partial charge in [0.25, 0.3) is 0 Å². The van der Waals surface area contributed by atoms with Crippen LogP contribution in [-0.2, 0) is 6.54 Å². The van der Waals surface area contributed by atoms with Crippen molar-refractivity contribution in [1.29, 1.82) is 0 Å². The largest absolute Gasteiger partial charge is 0.476 e. The molecule has 0 saturated heterocycles. The Labute approximate surface area is 83.5 Å². The molecule has 78 valence electrons. The van der Waals surface area contributed by atoms with E-state index in [9.17, 15) is 4.79 Å². The van der Waals surface area contributed by atoms with Crippen LogP contribution in [0.25, 0.3) is 0 Å². The minimum absolute atomic E-state index is 0.0745. The molecule has 0 atom stereocenters. The smallest absolute Gasteiger partial charge is 0.358 e. The molecular weight excluding hydrogens is 202 g/mol. The number of hydrogen-bond donors (Lipinski definition) is 1. The summed E-state index contributed by atoms with van der Waals surface area (Å²) in [7, 11) is 0. The average molecular weight is 209 g/mol. The molecule has 0 amide bonds. The first-order valence-electron chi connectivity index (χ1n) is 4.07. The van der Waals surface area contributed by atoms with E-state index in [1.165, 1.54) is 11.0 Å². The Bertz CT molecular complexity index is 475. The van der Waals surface area contributed by atoms with Gasteiger partial charge in [0.1, 0.15) is 6.54 Å². The van der Waals surface area contributed by atoms with Crippen molar-refractivity contribution >= 4 is 5.97 Å². The zero-order valence-electron chi connectivity index (χ0n) is 7.78. The standard InChI is InChI=1S/C7H7N5O3/c1-4-6(7(13)14)10-11-12(4)2-5-8-3-9-15-5/h3H,2H2,1H3,(H,13,14). The third-order valence-electron chi connectivity index (χ3n) is 1.88. The molecule has 0 aliphatic rings. The highest BCUT2D eigenvalue weighted by Crippen LogP contribution is 2.05. The Morgan fingerprint density at radius 1 is 1.67 bits per heavy atom. The van der Waals surface area contributed by atoms with E-state index >= 15 is 0 Å². The van der Waals surface area contributed by atoms with Gasteiger partial charge in [-0.2, -0.15) is 4.98 Å². The van der Waals surface area contributed by atoms with Crippen LogP contribution < -0.4 is 0 Å². The molecule has 2 aromatic heterocycles. The van der Waals surface area contributed by atoms with Gasteiger partial charge in [-0.05, 0) is 6.92 Å². The van der Waals surface area contributed by atoms with Crippen LogP contribution in [-0.4, -0.2) is 36.2 Å². The van der Waals surface area contributed by atoms with E-state index in [1.54, 1.807) is 6.92 Å². The zero-order chi connectivity index (χ0) is 10.8. The highest BCUT2D eigenvalue weighted by molar-refractivity contribution is 5.86. The molecule has 0 aliphatic heterocycles. The van der Waals surface area contributed by atoms with Crippen LogP contribution >= 0.6 is 0 Å². The van der Waals surface area contributed by atoms with Crippen LogP contribution in [0, 0.1) is 6.92 Å². The third kappa shape index (κ3) is 1.68. The topological polar surface area (TPSA) is 107 Å². The molecule has 8 heteroatoms. The van der Waals surface area contributed by atoms with Gasteiger partial charge in [0.05, 0.1) is 5.69 Å². The average Bonchev–Trinajstić information content (AvgIpc) is 2.78. The van der Waals surface area contributed by atoms with Gasteiger partial charge in [0, 0.05) is 0 Å². The second-order valence-electron chi connectivity index (χ2n) is 2.82. The molecule has 0 bridgehead atoms. The van der Waals surface area contributed by atoms with Crippen LogP contribution in [0.15, 0.2) is 10.9 Å². The molecule has 8 nitrogen and oxygen atoms in total. The van der Waals surface area contributed by atoms with E-state index in [-0.39, 0.29) is 12.2 Å². The van der Waals surface area contributed by atoms with Crippen molar-refractivity contribution in [1.82, 2.24) is 25.1 Å². The summed E-state index contributed by atoms with van der Waals surface area (Å²) in [6, 6.07) is 0. The van der Waals surface area contributed by atoms with E-state index in [1.807, 2.05) is 0 Å². The second-order valence-corrected chi connectivity index (χ2v) is 2.82. The lowest BCUT2D eigenvalue weighted by atomic mass is 10.3. The number of aromatic carboxylic acids is 1. The summed E-state index contributed by atoms with van der Waals surface area (Å²) < 4.78 is 6.15. The number of aromatic nitrogens is 5. The Morgan fingerprint density at radius 3 is 3.00 bits per heavy atom. The highest BCUT2D eigenvalue weighted by atomic mass is 16.5. The predicted octanol–water partition coefficient (Wildman–Crippen LogP) is -0.284. The zero-order valence-corrected chi connectivity index (χ0v) is 7.78. The van der Waals surface area contributed by atoms with Crippen molar-refractivity contribution in [2.45, 2.75) is 13.5 Å².